The number of carbonyl (C=O) groups excluding carboxylic acids is 3. The van der Waals surface area contributed by atoms with Gasteiger partial charge in [-0.05, 0) is 75.4 Å². The Hall–Kier alpha value is -3.66. The van der Waals surface area contributed by atoms with Crippen molar-refractivity contribution >= 4 is 46.2 Å². The maximum Gasteiger partial charge on any atom is 0.336 e. The number of hydrogen-bond donors (Lipinski definition) is 4. The number of nitrogens with one attached hydrogen (secondary N) is 2. The first-order valence-corrected chi connectivity index (χ1v) is 19.8. The molecule has 0 radical (unpaired) electrons. The molecule has 0 saturated carbocycles. The summed E-state index contributed by atoms with van der Waals surface area (Å²) in [6.07, 6.45) is 1.32. The third-order valence-corrected chi connectivity index (χ3v) is 12.4. The topological polar surface area (TPSA) is 168 Å². The van der Waals surface area contributed by atoms with Gasteiger partial charge in [-0.3, -0.25) is 14.4 Å². The molecule has 0 aliphatic heterocycles. The van der Waals surface area contributed by atoms with E-state index in [2.05, 4.69) is 23.7 Å². The lowest BCUT2D eigenvalue weighted by Gasteiger charge is -2.19. The molecule has 0 bridgehead atoms. The van der Waals surface area contributed by atoms with Crippen molar-refractivity contribution in [3.63, 3.8) is 0 Å². The van der Waals surface area contributed by atoms with Gasteiger partial charge in [0.25, 0.3) is 11.8 Å². The first-order chi connectivity index (χ1) is 19.6. The van der Waals surface area contributed by atoms with E-state index >= 15 is 0 Å². The monoisotopic (exact) mass is 616 g/mol. The molecule has 0 aromatic heterocycles. The van der Waals surface area contributed by atoms with Gasteiger partial charge in [-0.2, -0.15) is 0 Å². The summed E-state index contributed by atoms with van der Waals surface area (Å²) >= 11 is 0. The summed E-state index contributed by atoms with van der Waals surface area (Å²) in [6, 6.07) is 8.92. The lowest BCUT2D eigenvalue weighted by atomic mass is 9.95. The minimum absolute atomic E-state index is 0.00321. The van der Waals surface area contributed by atoms with Gasteiger partial charge in [0, 0.05) is 38.4 Å². The number of benzene rings is 2. The van der Waals surface area contributed by atoms with Crippen molar-refractivity contribution in [2.24, 2.45) is 0 Å². The van der Waals surface area contributed by atoms with Crippen molar-refractivity contribution in [1.82, 2.24) is 10.6 Å². The van der Waals surface area contributed by atoms with E-state index in [-0.39, 0.29) is 33.4 Å². The second kappa shape index (κ2) is 15.0. The minimum Gasteiger partial charge on any atom is -0.478 e. The fourth-order valence-corrected chi connectivity index (χ4v) is 6.58. The average molecular weight is 617 g/mol. The van der Waals surface area contributed by atoms with Gasteiger partial charge >= 0.3 is 11.9 Å². The second-order valence-electron chi connectivity index (χ2n) is 11.1. The number of carboxylic acid groups (broad SMARTS) is 2. The van der Waals surface area contributed by atoms with Crippen LogP contribution in [0.2, 0.25) is 38.3 Å². The van der Waals surface area contributed by atoms with E-state index in [1.807, 2.05) is 13.1 Å². The Balaban J connectivity index is 2.25. The van der Waals surface area contributed by atoms with Gasteiger partial charge in [0.05, 0.1) is 22.3 Å². The lowest BCUT2D eigenvalue weighted by Crippen LogP contribution is -2.31. The van der Waals surface area contributed by atoms with Crippen molar-refractivity contribution in [1.29, 1.82) is 0 Å². The van der Waals surface area contributed by atoms with Crippen LogP contribution in [-0.2, 0) is 8.85 Å². The van der Waals surface area contributed by atoms with Crippen LogP contribution in [0.1, 0.15) is 70.2 Å². The molecule has 0 spiro atoms. The van der Waals surface area contributed by atoms with E-state index in [1.165, 1.54) is 30.3 Å². The Kier molecular flexibility index (Phi) is 12.3. The van der Waals surface area contributed by atoms with Gasteiger partial charge in [-0.1, -0.05) is 12.1 Å². The van der Waals surface area contributed by atoms with Crippen LogP contribution in [0.15, 0.2) is 36.4 Å². The summed E-state index contributed by atoms with van der Waals surface area (Å²) in [5.74, 6) is -4.57. The molecule has 228 valence electrons. The van der Waals surface area contributed by atoms with Crippen molar-refractivity contribution in [2.45, 2.75) is 51.1 Å². The number of carbonyl (C=O) groups is 5. The molecule has 0 fully saturated rings. The number of aromatic carboxylic acids is 2. The summed E-state index contributed by atoms with van der Waals surface area (Å²) in [7, 11) is -0.295. The van der Waals surface area contributed by atoms with Crippen LogP contribution in [0.3, 0.4) is 0 Å². The molecule has 2 aromatic carbocycles. The van der Waals surface area contributed by atoms with Crippen LogP contribution in [-0.4, -0.2) is 83.7 Å². The molecule has 4 N–H and O–H groups in total. The van der Waals surface area contributed by atoms with Crippen LogP contribution in [0.5, 0.6) is 0 Å². The number of ketones is 1. The molecule has 2 amide bonds. The highest BCUT2D eigenvalue weighted by Crippen LogP contribution is 2.20. The van der Waals surface area contributed by atoms with E-state index in [9.17, 15) is 34.2 Å². The first-order valence-electron chi connectivity index (χ1n) is 13.6. The maximum atomic E-state index is 13.3. The van der Waals surface area contributed by atoms with E-state index in [0.717, 1.165) is 18.2 Å². The zero-order chi connectivity index (χ0) is 31.7. The summed E-state index contributed by atoms with van der Waals surface area (Å²) < 4.78 is 11.0. The zero-order valence-corrected chi connectivity index (χ0v) is 27.0. The molecular weight excluding hydrogens is 576 g/mol. The largest absolute Gasteiger partial charge is 0.478 e. The van der Waals surface area contributed by atoms with Gasteiger partial charge < -0.3 is 29.7 Å². The van der Waals surface area contributed by atoms with E-state index in [1.54, 1.807) is 14.2 Å². The van der Waals surface area contributed by atoms with Crippen LogP contribution in [0, 0.1) is 0 Å². The number of rotatable bonds is 16. The standard InChI is InChI=1S/C29H40N2O9Si2/c1-39-41(3,4)15-7-13-30-26(33)21-11-9-20(18-24(21)29(37)38)25(32)19-10-12-22(28(35)36)23(17-19)27(34)31-14-8-16-42(5,6)40-2/h9-12,17-18H,7-8,13-16H2,1-6H3,(H,30,33)(H,31,34)(H,35,36)(H,37,38). The van der Waals surface area contributed by atoms with Crippen LogP contribution < -0.4 is 10.6 Å². The highest BCUT2D eigenvalue weighted by Gasteiger charge is 2.24. The van der Waals surface area contributed by atoms with Crippen molar-refractivity contribution in [3.05, 3.63) is 69.8 Å². The van der Waals surface area contributed by atoms with E-state index < -0.39 is 46.2 Å². The molecule has 0 unspecified atom stereocenters. The van der Waals surface area contributed by atoms with E-state index in [4.69, 9.17) is 8.85 Å². The summed E-state index contributed by atoms with van der Waals surface area (Å²) in [5.41, 5.74) is -0.943. The molecule has 0 aliphatic carbocycles. The lowest BCUT2D eigenvalue weighted by molar-refractivity contribution is 0.0682. The summed E-state index contributed by atoms with van der Waals surface area (Å²) in [4.78, 5) is 62.7. The maximum absolute atomic E-state index is 13.3. The predicted octanol–water partition coefficient (Wildman–Crippen LogP) is 4.26. The fraction of sp³-hybridized carbons (Fsp3) is 0.414. The van der Waals surface area contributed by atoms with Gasteiger partial charge in [-0.15, -0.1) is 0 Å². The smallest absolute Gasteiger partial charge is 0.336 e. The Morgan fingerprint density at radius 2 is 1.05 bits per heavy atom. The van der Waals surface area contributed by atoms with Gasteiger partial charge in [0.15, 0.2) is 22.4 Å². The zero-order valence-electron chi connectivity index (χ0n) is 25.0. The van der Waals surface area contributed by atoms with Gasteiger partial charge in [0.2, 0.25) is 0 Å². The summed E-state index contributed by atoms with van der Waals surface area (Å²) in [5, 5.41) is 24.8. The fourth-order valence-electron chi connectivity index (χ4n) is 4.11. The number of carboxylic acids is 2. The third kappa shape index (κ3) is 9.72. The normalized spacial score (nSPS) is 11.6. The van der Waals surface area contributed by atoms with Gasteiger partial charge in [-0.25, -0.2) is 9.59 Å². The second-order valence-corrected chi connectivity index (χ2v) is 20.0. The molecule has 0 aliphatic rings. The number of amides is 2. The molecular formula is C29H40N2O9Si2. The molecule has 11 nitrogen and oxygen atoms in total. The predicted molar refractivity (Wildman–Crippen MR) is 163 cm³/mol. The highest BCUT2D eigenvalue weighted by atomic mass is 28.4. The molecule has 0 atom stereocenters. The number of hydrogen-bond acceptors (Lipinski definition) is 7. The molecule has 42 heavy (non-hydrogen) atoms. The Morgan fingerprint density at radius 3 is 1.48 bits per heavy atom. The Labute approximate surface area is 247 Å². The third-order valence-electron chi connectivity index (χ3n) is 7.10. The highest BCUT2D eigenvalue weighted by molar-refractivity contribution is 6.71. The minimum atomic E-state index is -1.82. The Bertz CT molecular complexity index is 1340. The molecule has 0 heterocycles. The van der Waals surface area contributed by atoms with Crippen LogP contribution in [0.4, 0.5) is 0 Å². The van der Waals surface area contributed by atoms with Crippen LogP contribution in [0.25, 0.3) is 0 Å². The molecule has 2 aromatic rings. The SMILES string of the molecule is CO[Si](C)(C)CCCNC(=O)c1ccc(C(=O)c2ccc(C(=O)O)c(C(=O)NCCC[Si](C)(C)OC)c2)cc1C(=O)O. The van der Waals surface area contributed by atoms with Gasteiger partial charge in [0.1, 0.15) is 0 Å². The van der Waals surface area contributed by atoms with Crippen molar-refractivity contribution in [3.8, 4) is 0 Å². The van der Waals surface area contributed by atoms with E-state index in [0.29, 0.717) is 25.9 Å². The van der Waals surface area contributed by atoms with Crippen molar-refractivity contribution in [2.75, 3.05) is 27.3 Å². The average Bonchev–Trinajstić information content (AvgIpc) is 2.96. The first kappa shape index (κ1) is 34.5. The van der Waals surface area contributed by atoms with Crippen LogP contribution >= 0.6 is 0 Å². The Morgan fingerprint density at radius 1 is 0.643 bits per heavy atom. The molecule has 13 heteroatoms. The quantitative estimate of drug-likeness (QED) is 0.122. The summed E-state index contributed by atoms with van der Waals surface area (Å²) in [6.45, 7) is 8.85. The molecule has 0 saturated heterocycles. The van der Waals surface area contributed by atoms with Crippen molar-refractivity contribution < 1.29 is 43.0 Å². The molecule has 2 rings (SSSR count).